The standard InChI is InChI=1S/C43H36N2/c1-4-13-37(5-2)44(38-17-7-6-8-18-38)39-28-24-34(25-29-39)22-23-35-26-30-40(31-27-35)45(41-19-11-14-33(3)32-41)43-21-12-16-36-15-9-10-20-42(36)43/h4-32H,1-2H2,3H3/b23-22+,37-13+. The lowest BCUT2D eigenvalue weighted by molar-refractivity contribution is 1.21. The first-order chi connectivity index (χ1) is 22.1. The van der Waals surface area contributed by atoms with Gasteiger partial charge in [-0.15, -0.1) is 0 Å². The van der Waals surface area contributed by atoms with E-state index in [-0.39, 0.29) is 0 Å². The van der Waals surface area contributed by atoms with Gasteiger partial charge in [-0.05, 0) is 95.7 Å². The van der Waals surface area contributed by atoms with Gasteiger partial charge in [-0.3, -0.25) is 0 Å². The van der Waals surface area contributed by atoms with E-state index in [4.69, 9.17) is 0 Å². The Labute approximate surface area is 266 Å². The Bertz CT molecular complexity index is 1980. The number of fused-ring (bicyclic) bond motifs is 1. The molecule has 0 saturated carbocycles. The van der Waals surface area contributed by atoms with Crippen molar-refractivity contribution in [2.24, 2.45) is 0 Å². The first kappa shape index (κ1) is 29.2. The monoisotopic (exact) mass is 580 g/mol. The van der Waals surface area contributed by atoms with Gasteiger partial charge in [-0.1, -0.05) is 122 Å². The quantitative estimate of drug-likeness (QED) is 0.117. The second-order valence-electron chi connectivity index (χ2n) is 10.9. The number of benzene rings is 6. The average molecular weight is 581 g/mol. The molecule has 0 bridgehead atoms. The minimum absolute atomic E-state index is 0.961. The summed E-state index contributed by atoms with van der Waals surface area (Å²) in [4.78, 5) is 4.52. The number of rotatable bonds is 10. The Morgan fingerprint density at radius 2 is 1.13 bits per heavy atom. The Balaban J connectivity index is 1.28. The number of allylic oxidation sites excluding steroid dienone is 3. The van der Waals surface area contributed by atoms with Crippen LogP contribution >= 0.6 is 0 Å². The number of anilines is 5. The van der Waals surface area contributed by atoms with Gasteiger partial charge < -0.3 is 9.80 Å². The van der Waals surface area contributed by atoms with E-state index < -0.39 is 0 Å². The van der Waals surface area contributed by atoms with Crippen LogP contribution in [0.15, 0.2) is 183 Å². The van der Waals surface area contributed by atoms with Crippen molar-refractivity contribution >= 4 is 51.4 Å². The molecule has 0 spiro atoms. The Morgan fingerprint density at radius 3 is 1.80 bits per heavy atom. The molecule has 0 amide bonds. The number of aryl methyl sites for hydroxylation is 1. The van der Waals surface area contributed by atoms with Gasteiger partial charge in [0.1, 0.15) is 0 Å². The molecule has 0 saturated heterocycles. The van der Waals surface area contributed by atoms with E-state index >= 15 is 0 Å². The highest BCUT2D eigenvalue weighted by Crippen LogP contribution is 2.39. The highest BCUT2D eigenvalue weighted by molar-refractivity contribution is 5.99. The van der Waals surface area contributed by atoms with Crippen LogP contribution in [0.5, 0.6) is 0 Å². The molecular formula is C43H36N2. The van der Waals surface area contributed by atoms with Gasteiger partial charge in [0.2, 0.25) is 0 Å². The predicted molar refractivity (Wildman–Crippen MR) is 196 cm³/mol. The van der Waals surface area contributed by atoms with Crippen LogP contribution < -0.4 is 9.80 Å². The number of hydrogen-bond acceptors (Lipinski definition) is 2. The van der Waals surface area contributed by atoms with Gasteiger partial charge in [0.25, 0.3) is 0 Å². The van der Waals surface area contributed by atoms with Gasteiger partial charge in [0.05, 0.1) is 5.69 Å². The Hall–Kier alpha value is -5.86. The highest BCUT2D eigenvalue weighted by Gasteiger charge is 2.15. The molecule has 2 nitrogen and oxygen atoms in total. The minimum Gasteiger partial charge on any atom is -0.311 e. The van der Waals surface area contributed by atoms with Crippen LogP contribution in [0.25, 0.3) is 22.9 Å². The fourth-order valence-corrected chi connectivity index (χ4v) is 5.64. The van der Waals surface area contributed by atoms with Crippen molar-refractivity contribution in [2.75, 3.05) is 9.80 Å². The molecule has 0 N–H and O–H groups in total. The summed E-state index contributed by atoms with van der Waals surface area (Å²) in [6, 6.07) is 51.4. The second-order valence-corrected chi connectivity index (χ2v) is 10.9. The summed E-state index contributed by atoms with van der Waals surface area (Å²) in [6.07, 6.45) is 9.93. The predicted octanol–water partition coefficient (Wildman–Crippen LogP) is 12.2. The van der Waals surface area contributed by atoms with Crippen molar-refractivity contribution in [1.82, 2.24) is 0 Å². The molecule has 6 rings (SSSR count). The lowest BCUT2D eigenvalue weighted by atomic mass is 10.1. The van der Waals surface area contributed by atoms with Gasteiger partial charge in [-0.2, -0.15) is 0 Å². The summed E-state index contributed by atoms with van der Waals surface area (Å²) < 4.78 is 0. The van der Waals surface area contributed by atoms with Gasteiger partial charge in [0.15, 0.2) is 0 Å². The highest BCUT2D eigenvalue weighted by atomic mass is 15.1. The fourth-order valence-electron chi connectivity index (χ4n) is 5.64. The molecule has 0 radical (unpaired) electrons. The molecule has 2 heteroatoms. The van der Waals surface area contributed by atoms with Crippen molar-refractivity contribution in [3.8, 4) is 0 Å². The van der Waals surface area contributed by atoms with Gasteiger partial charge in [-0.25, -0.2) is 0 Å². The third-order valence-corrected chi connectivity index (χ3v) is 7.81. The summed E-state index contributed by atoms with van der Waals surface area (Å²) in [7, 11) is 0. The van der Waals surface area contributed by atoms with E-state index in [0.717, 1.165) is 45.3 Å². The van der Waals surface area contributed by atoms with Gasteiger partial charge >= 0.3 is 0 Å². The van der Waals surface area contributed by atoms with Crippen LogP contribution in [0.2, 0.25) is 0 Å². The molecule has 0 unspecified atom stereocenters. The first-order valence-corrected chi connectivity index (χ1v) is 15.2. The maximum absolute atomic E-state index is 4.03. The molecule has 0 fully saturated rings. The van der Waals surface area contributed by atoms with Crippen molar-refractivity contribution in [3.63, 3.8) is 0 Å². The third-order valence-electron chi connectivity index (χ3n) is 7.81. The van der Waals surface area contributed by atoms with Crippen molar-refractivity contribution in [1.29, 1.82) is 0 Å². The average Bonchev–Trinajstić information content (AvgIpc) is 3.09. The maximum Gasteiger partial charge on any atom is 0.0540 e. The lowest BCUT2D eigenvalue weighted by Gasteiger charge is -2.27. The van der Waals surface area contributed by atoms with Crippen LogP contribution in [0.4, 0.5) is 28.4 Å². The van der Waals surface area contributed by atoms with Crippen LogP contribution in [0.1, 0.15) is 16.7 Å². The third kappa shape index (κ3) is 6.56. The molecule has 0 aliphatic heterocycles. The zero-order valence-corrected chi connectivity index (χ0v) is 25.6. The second kappa shape index (κ2) is 13.6. The summed E-state index contributed by atoms with van der Waals surface area (Å²) in [5.41, 5.74) is 9.99. The fraction of sp³-hybridized carbons (Fsp3) is 0.0233. The van der Waals surface area contributed by atoms with Crippen LogP contribution in [-0.2, 0) is 0 Å². The number of hydrogen-bond donors (Lipinski definition) is 0. The molecule has 0 aromatic heterocycles. The van der Waals surface area contributed by atoms with E-state index in [9.17, 15) is 0 Å². The lowest BCUT2D eigenvalue weighted by Crippen LogP contribution is -2.14. The van der Waals surface area contributed by atoms with Gasteiger partial charge in [0, 0.05) is 33.8 Å². The van der Waals surface area contributed by atoms with Crippen molar-refractivity contribution < 1.29 is 0 Å². The van der Waals surface area contributed by atoms with Crippen LogP contribution in [-0.4, -0.2) is 0 Å². The molecule has 218 valence electrons. The first-order valence-electron chi connectivity index (χ1n) is 15.2. The van der Waals surface area contributed by atoms with Crippen LogP contribution in [0.3, 0.4) is 0 Å². The normalized spacial score (nSPS) is 11.4. The van der Waals surface area contributed by atoms with E-state index in [0.29, 0.717) is 0 Å². The summed E-state index contributed by atoms with van der Waals surface area (Å²) in [5.74, 6) is 0. The minimum atomic E-state index is 0.961. The summed E-state index contributed by atoms with van der Waals surface area (Å²) >= 11 is 0. The van der Waals surface area contributed by atoms with Crippen molar-refractivity contribution in [2.45, 2.75) is 6.92 Å². The van der Waals surface area contributed by atoms with Crippen LogP contribution in [0, 0.1) is 6.92 Å². The maximum atomic E-state index is 4.03. The zero-order valence-electron chi connectivity index (χ0n) is 25.6. The number of para-hydroxylation sites is 1. The topological polar surface area (TPSA) is 6.48 Å². The molecule has 6 aromatic rings. The SMILES string of the molecule is C=C/C=C(\C=C)N(c1ccccc1)c1ccc(/C=C/c2ccc(N(c3cccc(C)c3)c3cccc4ccccc34)cc2)cc1. The molecule has 45 heavy (non-hydrogen) atoms. The van der Waals surface area contributed by atoms with E-state index in [2.05, 4.69) is 169 Å². The van der Waals surface area contributed by atoms with Crippen molar-refractivity contribution in [3.05, 3.63) is 199 Å². The molecule has 6 aromatic carbocycles. The summed E-state index contributed by atoms with van der Waals surface area (Å²) in [6.45, 7) is 10.1. The molecule has 0 aliphatic carbocycles. The Morgan fingerprint density at radius 1 is 0.556 bits per heavy atom. The zero-order chi connectivity index (χ0) is 31.0. The Kier molecular flexibility index (Phi) is 8.85. The molecule has 0 atom stereocenters. The van der Waals surface area contributed by atoms with E-state index in [1.165, 1.54) is 16.3 Å². The number of nitrogens with zero attached hydrogens (tertiary/aromatic N) is 2. The molecular weight excluding hydrogens is 544 g/mol. The van der Waals surface area contributed by atoms with E-state index in [1.54, 1.807) is 6.08 Å². The molecule has 0 aliphatic rings. The summed E-state index contributed by atoms with van der Waals surface area (Å²) in [5, 5.41) is 2.45. The van der Waals surface area contributed by atoms with E-state index in [1.807, 2.05) is 30.4 Å². The largest absolute Gasteiger partial charge is 0.311 e. The smallest absolute Gasteiger partial charge is 0.0540 e. The molecule has 0 heterocycles.